The zero-order valence-electron chi connectivity index (χ0n) is 15.3. The number of benzene rings is 2. The monoisotopic (exact) mass is 384 g/mol. The van der Waals surface area contributed by atoms with Gasteiger partial charge in [-0.25, -0.2) is 4.39 Å². The highest BCUT2D eigenvalue weighted by Crippen LogP contribution is 2.26. The predicted octanol–water partition coefficient (Wildman–Crippen LogP) is 3.51. The summed E-state index contributed by atoms with van der Waals surface area (Å²) >= 11 is 1.32. The molecule has 0 fully saturated rings. The Labute approximate surface area is 162 Å². The number of nitrogens with zero attached hydrogens (tertiary/aromatic N) is 4. The third-order valence-corrected chi connectivity index (χ3v) is 5.07. The topological polar surface area (TPSA) is 51.0 Å². The Morgan fingerprint density at radius 1 is 1.07 bits per heavy atom. The maximum atomic E-state index is 14.3. The van der Waals surface area contributed by atoms with E-state index in [9.17, 15) is 9.18 Å². The van der Waals surface area contributed by atoms with Gasteiger partial charge in [0.15, 0.2) is 11.0 Å². The van der Waals surface area contributed by atoms with Crippen LogP contribution in [0.3, 0.4) is 0 Å². The first kappa shape index (κ1) is 19.1. The minimum Gasteiger partial charge on any atom is -0.348 e. The Kier molecular flexibility index (Phi) is 6.24. The number of carbonyl (C=O) groups excluding carboxylic acids is 1. The molecule has 0 atom stereocenters. The van der Waals surface area contributed by atoms with Crippen LogP contribution < -0.4 is 0 Å². The van der Waals surface area contributed by atoms with Crippen LogP contribution in [0.25, 0.3) is 11.4 Å². The van der Waals surface area contributed by atoms with E-state index in [0.717, 1.165) is 6.42 Å². The molecule has 0 aliphatic carbocycles. The molecule has 2 aromatic carbocycles. The zero-order chi connectivity index (χ0) is 19.2. The van der Waals surface area contributed by atoms with Crippen molar-refractivity contribution in [2.75, 3.05) is 19.8 Å². The highest BCUT2D eigenvalue weighted by Gasteiger charge is 2.18. The third-order valence-electron chi connectivity index (χ3n) is 4.12. The van der Waals surface area contributed by atoms with Gasteiger partial charge in [0, 0.05) is 20.6 Å². The Balaban J connectivity index is 1.89. The highest BCUT2D eigenvalue weighted by atomic mass is 32.2. The van der Waals surface area contributed by atoms with E-state index in [1.165, 1.54) is 28.3 Å². The molecule has 5 nitrogen and oxygen atoms in total. The molecule has 1 aromatic heterocycles. The van der Waals surface area contributed by atoms with Gasteiger partial charge in [-0.1, -0.05) is 54.2 Å². The Morgan fingerprint density at radius 3 is 2.48 bits per heavy atom. The van der Waals surface area contributed by atoms with Crippen molar-refractivity contribution in [2.45, 2.75) is 18.1 Å². The van der Waals surface area contributed by atoms with Gasteiger partial charge in [-0.2, -0.15) is 0 Å². The molecule has 0 spiro atoms. The molecule has 0 aliphatic rings. The molecular weight excluding hydrogens is 363 g/mol. The molecule has 0 saturated carbocycles. The van der Waals surface area contributed by atoms with Gasteiger partial charge < -0.3 is 9.47 Å². The summed E-state index contributed by atoms with van der Waals surface area (Å²) in [5.41, 5.74) is 1.58. The van der Waals surface area contributed by atoms with Gasteiger partial charge in [0.2, 0.25) is 5.91 Å². The molecule has 1 amide bonds. The number of rotatable bonds is 7. The fourth-order valence-electron chi connectivity index (χ4n) is 2.58. The maximum Gasteiger partial charge on any atom is 0.232 e. The second-order valence-electron chi connectivity index (χ2n) is 6.25. The zero-order valence-corrected chi connectivity index (χ0v) is 16.1. The first-order chi connectivity index (χ1) is 13.1. The number of aryl methyl sites for hydroxylation is 1. The highest BCUT2D eigenvalue weighted by molar-refractivity contribution is 7.99. The average molecular weight is 384 g/mol. The summed E-state index contributed by atoms with van der Waals surface area (Å²) < 4.78 is 16.2. The molecular formula is C20H21FN4OS. The average Bonchev–Trinajstić information content (AvgIpc) is 3.08. The van der Waals surface area contributed by atoms with Crippen LogP contribution >= 0.6 is 11.8 Å². The van der Waals surface area contributed by atoms with Gasteiger partial charge >= 0.3 is 0 Å². The lowest BCUT2D eigenvalue weighted by molar-refractivity contribution is -0.125. The van der Waals surface area contributed by atoms with Crippen molar-refractivity contribution in [1.29, 1.82) is 0 Å². The van der Waals surface area contributed by atoms with Gasteiger partial charge in [-0.05, 0) is 24.1 Å². The van der Waals surface area contributed by atoms with Crippen molar-refractivity contribution >= 4 is 17.7 Å². The van der Waals surface area contributed by atoms with Crippen molar-refractivity contribution < 1.29 is 9.18 Å². The van der Waals surface area contributed by atoms with E-state index in [4.69, 9.17) is 0 Å². The second kappa shape index (κ2) is 8.81. The molecule has 3 aromatic rings. The van der Waals surface area contributed by atoms with E-state index < -0.39 is 0 Å². The summed E-state index contributed by atoms with van der Waals surface area (Å²) in [5.74, 6) is 0.383. The Hall–Kier alpha value is -2.67. The van der Waals surface area contributed by atoms with Crippen LogP contribution in [0.15, 0.2) is 59.8 Å². The lowest BCUT2D eigenvalue weighted by Gasteiger charge is -2.12. The van der Waals surface area contributed by atoms with E-state index in [2.05, 4.69) is 22.3 Å². The van der Waals surface area contributed by atoms with Crippen LogP contribution in [0.2, 0.25) is 0 Å². The summed E-state index contributed by atoms with van der Waals surface area (Å²) in [6.45, 7) is 0.596. The van der Waals surface area contributed by atoms with Crippen LogP contribution in [0.5, 0.6) is 0 Å². The SMILES string of the molecule is CN(C)C(=O)CSc1nnc(-c2ccccc2F)n1CCc1ccccc1. The van der Waals surface area contributed by atoms with Crippen LogP contribution in [0, 0.1) is 5.82 Å². The minimum atomic E-state index is -0.341. The molecule has 7 heteroatoms. The van der Waals surface area contributed by atoms with Crippen molar-refractivity contribution in [3.8, 4) is 11.4 Å². The molecule has 140 valence electrons. The third kappa shape index (κ3) is 4.74. The molecule has 0 radical (unpaired) electrons. The fraction of sp³-hybridized carbons (Fsp3) is 0.250. The van der Waals surface area contributed by atoms with Crippen LogP contribution in [0.1, 0.15) is 5.56 Å². The summed E-state index contributed by atoms with van der Waals surface area (Å²) in [4.78, 5) is 13.5. The van der Waals surface area contributed by atoms with Crippen molar-refractivity contribution in [3.63, 3.8) is 0 Å². The van der Waals surface area contributed by atoms with E-state index in [0.29, 0.717) is 23.1 Å². The van der Waals surface area contributed by atoms with E-state index >= 15 is 0 Å². The van der Waals surface area contributed by atoms with Crippen LogP contribution in [0.4, 0.5) is 4.39 Å². The Morgan fingerprint density at radius 2 is 1.78 bits per heavy atom. The first-order valence-electron chi connectivity index (χ1n) is 8.61. The lowest BCUT2D eigenvalue weighted by atomic mass is 10.1. The van der Waals surface area contributed by atoms with Crippen molar-refractivity contribution in [2.24, 2.45) is 0 Å². The predicted molar refractivity (Wildman–Crippen MR) is 105 cm³/mol. The summed E-state index contributed by atoms with van der Waals surface area (Å²) in [6.07, 6.45) is 0.759. The maximum absolute atomic E-state index is 14.3. The molecule has 0 saturated heterocycles. The molecule has 0 bridgehead atoms. The van der Waals surface area contributed by atoms with Crippen molar-refractivity contribution in [3.05, 3.63) is 66.0 Å². The van der Waals surface area contributed by atoms with Crippen LogP contribution in [-0.4, -0.2) is 45.4 Å². The fourth-order valence-corrected chi connectivity index (χ4v) is 3.52. The second-order valence-corrected chi connectivity index (χ2v) is 7.19. The normalized spacial score (nSPS) is 10.8. The van der Waals surface area contributed by atoms with Crippen LogP contribution in [-0.2, 0) is 17.8 Å². The summed E-state index contributed by atoms with van der Waals surface area (Å²) in [5, 5.41) is 9.04. The van der Waals surface area contributed by atoms with Crippen molar-refractivity contribution in [1.82, 2.24) is 19.7 Å². The van der Waals surface area contributed by atoms with Gasteiger partial charge in [0.25, 0.3) is 0 Å². The molecule has 3 rings (SSSR count). The number of thioether (sulfide) groups is 1. The molecule has 0 unspecified atom stereocenters. The molecule has 0 N–H and O–H groups in total. The number of carbonyl (C=O) groups is 1. The smallest absolute Gasteiger partial charge is 0.232 e. The summed E-state index contributed by atoms with van der Waals surface area (Å²) in [6, 6.07) is 16.6. The van der Waals surface area contributed by atoms with Gasteiger partial charge in [0.05, 0.1) is 11.3 Å². The van der Waals surface area contributed by atoms with E-state index in [1.807, 2.05) is 22.8 Å². The van der Waals surface area contributed by atoms with E-state index in [-0.39, 0.29) is 17.5 Å². The minimum absolute atomic E-state index is 0.00921. The summed E-state index contributed by atoms with van der Waals surface area (Å²) in [7, 11) is 3.43. The number of halogens is 1. The van der Waals surface area contributed by atoms with E-state index in [1.54, 1.807) is 32.3 Å². The first-order valence-corrected chi connectivity index (χ1v) is 9.60. The van der Waals surface area contributed by atoms with Gasteiger partial charge in [-0.3, -0.25) is 4.79 Å². The number of aromatic nitrogens is 3. The van der Waals surface area contributed by atoms with Gasteiger partial charge in [0.1, 0.15) is 5.82 Å². The van der Waals surface area contributed by atoms with Gasteiger partial charge in [-0.15, -0.1) is 10.2 Å². The molecule has 0 aliphatic heterocycles. The Bertz CT molecular complexity index is 911. The molecule has 27 heavy (non-hydrogen) atoms. The number of hydrogen-bond acceptors (Lipinski definition) is 4. The standard InChI is InChI=1S/C20H21FN4OS/c1-24(2)18(26)14-27-20-23-22-19(16-10-6-7-11-17(16)21)25(20)13-12-15-8-4-3-5-9-15/h3-11H,12-14H2,1-2H3. The quantitative estimate of drug-likeness (QED) is 0.585. The largest absolute Gasteiger partial charge is 0.348 e. The molecule has 1 heterocycles. The number of amides is 1. The number of hydrogen-bond donors (Lipinski definition) is 0. The lowest BCUT2D eigenvalue weighted by Crippen LogP contribution is -2.23.